The van der Waals surface area contributed by atoms with Crippen LogP contribution in [-0.4, -0.2) is 33.2 Å². The molecule has 3 rings (SSSR count). The summed E-state index contributed by atoms with van der Waals surface area (Å²) in [5.74, 6) is -3.71. The molecule has 3 aromatic rings. The zero-order valence-electron chi connectivity index (χ0n) is 18.1. The zero-order valence-corrected chi connectivity index (χ0v) is 18.1. The molecule has 0 spiro atoms. The third-order valence-electron chi connectivity index (χ3n) is 5.22. The predicted molar refractivity (Wildman–Crippen MR) is 115 cm³/mol. The maximum atomic E-state index is 14.2. The minimum absolute atomic E-state index is 0.216. The van der Waals surface area contributed by atoms with Crippen LogP contribution >= 0.6 is 0 Å². The number of halogens is 3. The molecule has 4 N–H and O–H groups in total. The van der Waals surface area contributed by atoms with Crippen LogP contribution in [0.25, 0.3) is 0 Å². The zero-order chi connectivity index (χ0) is 24.3. The van der Waals surface area contributed by atoms with Gasteiger partial charge in [0.05, 0.1) is 5.69 Å². The highest BCUT2D eigenvalue weighted by Crippen LogP contribution is 2.32. The number of anilines is 1. The van der Waals surface area contributed by atoms with Gasteiger partial charge in [-0.15, -0.1) is 0 Å². The third-order valence-corrected chi connectivity index (χ3v) is 5.22. The Morgan fingerprint density at radius 1 is 1.03 bits per heavy atom. The predicted octanol–water partition coefficient (Wildman–Crippen LogP) is 3.33. The van der Waals surface area contributed by atoms with E-state index in [4.69, 9.17) is 0 Å². The van der Waals surface area contributed by atoms with Gasteiger partial charge in [-0.05, 0) is 50.1 Å². The van der Waals surface area contributed by atoms with Crippen molar-refractivity contribution < 1.29 is 27.9 Å². The van der Waals surface area contributed by atoms with E-state index in [1.165, 1.54) is 13.0 Å². The minimum Gasteiger partial charge on any atom is -0.378 e. The Bertz CT molecular complexity index is 1160. The summed E-state index contributed by atoms with van der Waals surface area (Å²) in [6.07, 6.45) is -1.87. The van der Waals surface area contributed by atoms with Crippen molar-refractivity contribution in [3.8, 4) is 0 Å². The molecule has 7 nitrogen and oxygen atoms in total. The van der Waals surface area contributed by atoms with Gasteiger partial charge in [0.25, 0.3) is 5.91 Å². The lowest BCUT2D eigenvalue weighted by atomic mass is 9.81. The number of nitrogens with zero attached hydrogens (tertiary/aromatic N) is 1. The normalized spacial score (nSPS) is 13.3. The van der Waals surface area contributed by atoms with Crippen molar-refractivity contribution in [3.05, 3.63) is 82.8 Å². The molecule has 0 saturated carbocycles. The van der Waals surface area contributed by atoms with Crippen molar-refractivity contribution in [2.75, 3.05) is 5.32 Å². The van der Waals surface area contributed by atoms with E-state index in [0.29, 0.717) is 17.3 Å². The van der Waals surface area contributed by atoms with Crippen LogP contribution in [0.3, 0.4) is 0 Å². The molecule has 0 fully saturated rings. The standard InChI is InChI=1S/C23H23F3N4O3/c1-12(27-22(33)20(31)13-8-14(24)10-15(25)9-13)21(32)28-19-11-18(29-30-19)23(2,3)16-6-4-5-7-17(16)26/h4-12,20,31H,1-3H3,(H,27,33)(H2,28,29,30,32)/t12-,20-/m0/s1. The molecule has 0 aliphatic carbocycles. The van der Waals surface area contributed by atoms with Crippen LogP contribution in [0.1, 0.15) is 43.7 Å². The number of aliphatic hydroxyl groups excluding tert-OH is 1. The van der Waals surface area contributed by atoms with Gasteiger partial charge in [0.1, 0.15) is 29.3 Å². The number of aromatic amines is 1. The van der Waals surface area contributed by atoms with Gasteiger partial charge in [-0.25, -0.2) is 13.2 Å². The van der Waals surface area contributed by atoms with Gasteiger partial charge >= 0.3 is 0 Å². The Hall–Kier alpha value is -3.66. The molecule has 174 valence electrons. The number of benzene rings is 2. The number of aromatic nitrogens is 2. The lowest BCUT2D eigenvalue weighted by molar-refractivity contribution is -0.132. The van der Waals surface area contributed by atoms with Gasteiger partial charge in [-0.1, -0.05) is 18.2 Å². The number of carbonyl (C=O) groups is 2. The van der Waals surface area contributed by atoms with Crippen LogP contribution in [0.5, 0.6) is 0 Å². The van der Waals surface area contributed by atoms with Crippen molar-refractivity contribution in [1.29, 1.82) is 0 Å². The van der Waals surface area contributed by atoms with E-state index in [0.717, 1.165) is 12.1 Å². The Morgan fingerprint density at radius 2 is 1.67 bits per heavy atom. The Morgan fingerprint density at radius 3 is 2.30 bits per heavy atom. The maximum Gasteiger partial charge on any atom is 0.254 e. The van der Waals surface area contributed by atoms with Gasteiger partial charge < -0.3 is 15.7 Å². The summed E-state index contributed by atoms with van der Waals surface area (Å²) in [6, 6.07) is 8.99. The molecule has 0 radical (unpaired) electrons. The smallest absolute Gasteiger partial charge is 0.254 e. The highest BCUT2D eigenvalue weighted by Gasteiger charge is 2.29. The van der Waals surface area contributed by atoms with E-state index in [-0.39, 0.29) is 17.2 Å². The Labute approximate surface area is 188 Å². The average Bonchev–Trinajstić information content (AvgIpc) is 3.22. The first-order valence-corrected chi connectivity index (χ1v) is 10.0. The average molecular weight is 460 g/mol. The Kier molecular flexibility index (Phi) is 6.87. The van der Waals surface area contributed by atoms with Gasteiger partial charge in [0.15, 0.2) is 6.10 Å². The van der Waals surface area contributed by atoms with Crippen LogP contribution in [0, 0.1) is 17.5 Å². The molecule has 0 aliphatic heterocycles. The largest absolute Gasteiger partial charge is 0.378 e. The number of rotatable bonds is 7. The second-order valence-corrected chi connectivity index (χ2v) is 8.10. The molecular weight excluding hydrogens is 437 g/mol. The van der Waals surface area contributed by atoms with Gasteiger partial charge in [0.2, 0.25) is 5.91 Å². The van der Waals surface area contributed by atoms with Crippen LogP contribution in [-0.2, 0) is 15.0 Å². The first kappa shape index (κ1) is 24.0. The maximum absolute atomic E-state index is 14.2. The van der Waals surface area contributed by atoms with Gasteiger partial charge in [0, 0.05) is 17.5 Å². The summed E-state index contributed by atoms with van der Waals surface area (Å²) in [7, 11) is 0. The first-order valence-electron chi connectivity index (χ1n) is 10.0. The molecule has 0 bridgehead atoms. The molecule has 0 unspecified atom stereocenters. The summed E-state index contributed by atoms with van der Waals surface area (Å²) in [4.78, 5) is 24.7. The van der Waals surface area contributed by atoms with Crippen LogP contribution in [0.4, 0.5) is 19.0 Å². The van der Waals surface area contributed by atoms with E-state index < -0.39 is 41.0 Å². The number of nitrogens with one attached hydrogen (secondary N) is 3. The third kappa shape index (κ3) is 5.40. The number of carbonyl (C=O) groups excluding carboxylic acids is 2. The summed E-state index contributed by atoms with van der Waals surface area (Å²) in [5.41, 5.74) is -0.179. The summed E-state index contributed by atoms with van der Waals surface area (Å²) in [5, 5.41) is 21.7. The number of amides is 2. The van der Waals surface area contributed by atoms with Gasteiger partial charge in [-0.3, -0.25) is 14.7 Å². The monoisotopic (exact) mass is 460 g/mol. The highest BCUT2D eigenvalue weighted by atomic mass is 19.1. The van der Waals surface area contributed by atoms with Crippen LogP contribution < -0.4 is 10.6 Å². The van der Waals surface area contributed by atoms with Gasteiger partial charge in [-0.2, -0.15) is 5.10 Å². The van der Waals surface area contributed by atoms with E-state index in [1.807, 2.05) is 0 Å². The number of H-pyrrole nitrogens is 1. The fraction of sp³-hybridized carbons (Fsp3) is 0.261. The SMILES string of the molecule is C[C@H](NC(=O)[C@@H](O)c1cc(F)cc(F)c1)C(=O)Nc1cc(C(C)(C)c2ccccc2F)n[nH]1. The van der Waals surface area contributed by atoms with E-state index in [2.05, 4.69) is 20.8 Å². The minimum atomic E-state index is -1.87. The fourth-order valence-electron chi connectivity index (χ4n) is 3.30. The molecule has 2 amide bonds. The summed E-state index contributed by atoms with van der Waals surface area (Å²) in [6.45, 7) is 4.94. The number of hydrogen-bond donors (Lipinski definition) is 4. The molecule has 1 aromatic heterocycles. The summed E-state index contributed by atoms with van der Waals surface area (Å²) < 4.78 is 40.9. The number of hydrogen-bond acceptors (Lipinski definition) is 4. The number of aliphatic hydroxyl groups is 1. The van der Waals surface area contributed by atoms with Crippen molar-refractivity contribution in [2.45, 2.75) is 38.3 Å². The Balaban J connectivity index is 1.65. The molecule has 10 heteroatoms. The van der Waals surface area contributed by atoms with Crippen molar-refractivity contribution >= 4 is 17.6 Å². The van der Waals surface area contributed by atoms with E-state index >= 15 is 0 Å². The van der Waals surface area contributed by atoms with Crippen molar-refractivity contribution in [3.63, 3.8) is 0 Å². The van der Waals surface area contributed by atoms with E-state index in [1.54, 1.807) is 38.1 Å². The van der Waals surface area contributed by atoms with Crippen molar-refractivity contribution in [1.82, 2.24) is 15.5 Å². The molecular formula is C23H23F3N4O3. The van der Waals surface area contributed by atoms with Crippen LogP contribution in [0.2, 0.25) is 0 Å². The molecule has 33 heavy (non-hydrogen) atoms. The second kappa shape index (κ2) is 9.45. The van der Waals surface area contributed by atoms with Crippen LogP contribution in [0.15, 0.2) is 48.5 Å². The van der Waals surface area contributed by atoms with Crippen molar-refractivity contribution in [2.24, 2.45) is 0 Å². The molecule has 1 heterocycles. The topological polar surface area (TPSA) is 107 Å². The van der Waals surface area contributed by atoms with E-state index in [9.17, 15) is 27.9 Å². The molecule has 2 atom stereocenters. The molecule has 2 aromatic carbocycles. The first-order chi connectivity index (χ1) is 15.5. The lowest BCUT2D eigenvalue weighted by Gasteiger charge is -2.23. The quantitative estimate of drug-likeness (QED) is 0.434. The molecule has 0 aliphatic rings. The highest BCUT2D eigenvalue weighted by molar-refractivity contribution is 5.97. The fourth-order valence-corrected chi connectivity index (χ4v) is 3.30. The second-order valence-electron chi connectivity index (χ2n) is 8.10. The molecule has 0 saturated heterocycles. The lowest BCUT2D eigenvalue weighted by Crippen LogP contribution is -2.43. The summed E-state index contributed by atoms with van der Waals surface area (Å²) >= 11 is 0.